The summed E-state index contributed by atoms with van der Waals surface area (Å²) in [6, 6.07) is 14.4. The van der Waals surface area contributed by atoms with Gasteiger partial charge in [-0.1, -0.05) is 52.3 Å². The molecule has 20 heavy (non-hydrogen) atoms. The van der Waals surface area contributed by atoms with Gasteiger partial charge in [0.05, 0.1) is 6.10 Å². The molecule has 0 amide bonds. The largest absolute Gasteiger partial charge is 0.490 e. The molecule has 104 valence electrons. The molecule has 2 aromatic rings. The second kappa shape index (κ2) is 6.27. The van der Waals surface area contributed by atoms with E-state index >= 15 is 0 Å². The molecule has 0 heterocycles. The molecule has 0 aliphatic rings. The molecule has 0 saturated carbocycles. The summed E-state index contributed by atoms with van der Waals surface area (Å²) in [4.78, 5) is 0. The van der Waals surface area contributed by atoms with Crippen LogP contribution >= 0.6 is 15.9 Å². The van der Waals surface area contributed by atoms with Gasteiger partial charge in [0.1, 0.15) is 5.75 Å². The van der Waals surface area contributed by atoms with Gasteiger partial charge in [-0.25, -0.2) is 0 Å². The van der Waals surface area contributed by atoms with E-state index in [4.69, 9.17) is 4.74 Å². The smallest absolute Gasteiger partial charge is 0.127 e. The third kappa shape index (κ3) is 3.51. The molecular weight excluding hydrogens is 312 g/mol. The summed E-state index contributed by atoms with van der Waals surface area (Å²) in [6.07, 6.45) is 0.140. The van der Waals surface area contributed by atoms with Crippen LogP contribution in [0.3, 0.4) is 0 Å². The molecule has 0 atom stereocenters. The van der Waals surface area contributed by atoms with E-state index in [0.29, 0.717) is 0 Å². The zero-order valence-corrected chi connectivity index (χ0v) is 13.7. The van der Waals surface area contributed by atoms with Crippen LogP contribution in [-0.4, -0.2) is 6.10 Å². The Morgan fingerprint density at radius 3 is 2.35 bits per heavy atom. The fourth-order valence-electron chi connectivity index (χ4n) is 2.00. The number of aryl methyl sites for hydroxylation is 1. The first kappa shape index (κ1) is 14.9. The normalized spacial score (nSPS) is 10.7. The van der Waals surface area contributed by atoms with Crippen LogP contribution in [-0.2, 0) is 0 Å². The molecule has 2 heteroatoms. The van der Waals surface area contributed by atoms with Crippen LogP contribution in [0.15, 0.2) is 53.5 Å². The maximum atomic E-state index is 5.89. The average Bonchev–Trinajstić information content (AvgIpc) is 2.40. The van der Waals surface area contributed by atoms with Gasteiger partial charge < -0.3 is 4.74 Å². The first-order chi connectivity index (χ1) is 9.47. The van der Waals surface area contributed by atoms with Crippen molar-refractivity contribution in [1.82, 2.24) is 0 Å². The van der Waals surface area contributed by atoms with Gasteiger partial charge in [-0.3, -0.25) is 0 Å². The highest BCUT2D eigenvalue weighted by molar-refractivity contribution is 9.10. The van der Waals surface area contributed by atoms with Crippen molar-refractivity contribution in [3.8, 4) is 5.75 Å². The number of ether oxygens (including phenoxy) is 1. The summed E-state index contributed by atoms with van der Waals surface area (Å²) < 4.78 is 6.91. The minimum absolute atomic E-state index is 0.140. The van der Waals surface area contributed by atoms with E-state index in [-0.39, 0.29) is 6.10 Å². The Morgan fingerprint density at radius 2 is 1.75 bits per heavy atom. The van der Waals surface area contributed by atoms with Crippen LogP contribution in [0.2, 0.25) is 0 Å². The fourth-order valence-corrected chi connectivity index (χ4v) is 2.37. The van der Waals surface area contributed by atoms with E-state index in [1.807, 2.05) is 26.0 Å². The van der Waals surface area contributed by atoms with Crippen LogP contribution in [0, 0.1) is 6.92 Å². The molecule has 0 aliphatic carbocycles. The lowest BCUT2D eigenvalue weighted by Gasteiger charge is -2.16. The van der Waals surface area contributed by atoms with E-state index in [2.05, 4.69) is 59.8 Å². The topological polar surface area (TPSA) is 9.23 Å². The summed E-state index contributed by atoms with van der Waals surface area (Å²) >= 11 is 3.52. The Kier molecular flexibility index (Phi) is 4.66. The van der Waals surface area contributed by atoms with Crippen molar-refractivity contribution in [3.05, 3.63) is 70.2 Å². The van der Waals surface area contributed by atoms with E-state index in [1.165, 1.54) is 5.56 Å². The summed E-state index contributed by atoms with van der Waals surface area (Å²) in [5.74, 6) is 0.869. The van der Waals surface area contributed by atoms with Gasteiger partial charge in [-0.05, 0) is 50.1 Å². The standard InChI is InChI=1S/C18H19BrO/c1-12(2)20-18-10-9-16(19)11-17(18)14(4)15-7-5-13(3)6-8-15/h5-12H,4H2,1-3H3. The average molecular weight is 331 g/mol. The molecule has 0 fully saturated rings. The molecule has 0 saturated heterocycles. The van der Waals surface area contributed by atoms with Gasteiger partial charge in [0.2, 0.25) is 0 Å². The van der Waals surface area contributed by atoms with Crippen molar-refractivity contribution in [1.29, 1.82) is 0 Å². The second-order valence-electron chi connectivity index (χ2n) is 5.15. The number of halogens is 1. The molecule has 1 nitrogen and oxygen atoms in total. The molecule has 0 N–H and O–H groups in total. The Morgan fingerprint density at radius 1 is 1.10 bits per heavy atom. The first-order valence-electron chi connectivity index (χ1n) is 6.70. The molecule has 0 bridgehead atoms. The van der Waals surface area contributed by atoms with Crippen molar-refractivity contribution >= 4 is 21.5 Å². The van der Waals surface area contributed by atoms with Gasteiger partial charge in [0, 0.05) is 10.0 Å². The van der Waals surface area contributed by atoms with Gasteiger partial charge >= 0.3 is 0 Å². The summed E-state index contributed by atoms with van der Waals surface area (Å²) in [5.41, 5.74) is 4.36. The second-order valence-corrected chi connectivity index (χ2v) is 6.07. The molecule has 0 radical (unpaired) electrons. The quantitative estimate of drug-likeness (QED) is 0.708. The SMILES string of the molecule is C=C(c1ccc(C)cc1)c1cc(Br)ccc1OC(C)C. The van der Waals surface area contributed by atoms with Crippen molar-refractivity contribution < 1.29 is 4.74 Å². The highest BCUT2D eigenvalue weighted by Gasteiger charge is 2.11. The predicted molar refractivity (Wildman–Crippen MR) is 89.2 cm³/mol. The number of hydrogen-bond donors (Lipinski definition) is 0. The molecule has 0 aromatic heterocycles. The lowest BCUT2D eigenvalue weighted by Crippen LogP contribution is -2.07. The third-order valence-corrected chi connectivity index (χ3v) is 3.52. The molecule has 2 rings (SSSR count). The van der Waals surface area contributed by atoms with Crippen molar-refractivity contribution in [2.24, 2.45) is 0 Å². The number of benzene rings is 2. The van der Waals surface area contributed by atoms with Crippen molar-refractivity contribution in [2.45, 2.75) is 26.9 Å². The van der Waals surface area contributed by atoms with Gasteiger partial charge in [0.25, 0.3) is 0 Å². The Labute approximate surface area is 129 Å². The highest BCUT2D eigenvalue weighted by atomic mass is 79.9. The molecule has 0 spiro atoms. The zero-order chi connectivity index (χ0) is 14.7. The Bertz CT molecular complexity index is 612. The van der Waals surface area contributed by atoms with Gasteiger partial charge in [-0.2, -0.15) is 0 Å². The maximum absolute atomic E-state index is 5.89. The monoisotopic (exact) mass is 330 g/mol. The van der Waals surface area contributed by atoms with Crippen LogP contribution in [0.1, 0.15) is 30.5 Å². The maximum Gasteiger partial charge on any atom is 0.127 e. The van der Waals surface area contributed by atoms with Crippen molar-refractivity contribution in [2.75, 3.05) is 0 Å². The van der Waals surface area contributed by atoms with Crippen LogP contribution in [0.4, 0.5) is 0 Å². The summed E-state index contributed by atoms with van der Waals surface area (Å²) in [5, 5.41) is 0. The Balaban J connectivity index is 2.42. The lowest BCUT2D eigenvalue weighted by atomic mass is 9.98. The van der Waals surface area contributed by atoms with E-state index in [0.717, 1.165) is 26.9 Å². The zero-order valence-electron chi connectivity index (χ0n) is 12.1. The molecular formula is C18H19BrO. The van der Waals surface area contributed by atoms with Crippen LogP contribution in [0.25, 0.3) is 5.57 Å². The van der Waals surface area contributed by atoms with E-state index in [1.54, 1.807) is 0 Å². The fraction of sp³-hybridized carbons (Fsp3) is 0.222. The van der Waals surface area contributed by atoms with Crippen LogP contribution < -0.4 is 4.74 Å². The minimum atomic E-state index is 0.140. The number of rotatable bonds is 4. The molecule has 2 aromatic carbocycles. The van der Waals surface area contributed by atoms with Crippen LogP contribution in [0.5, 0.6) is 5.75 Å². The Hall–Kier alpha value is -1.54. The minimum Gasteiger partial charge on any atom is -0.490 e. The third-order valence-electron chi connectivity index (χ3n) is 3.03. The van der Waals surface area contributed by atoms with E-state index in [9.17, 15) is 0 Å². The van der Waals surface area contributed by atoms with Gasteiger partial charge in [-0.15, -0.1) is 0 Å². The first-order valence-corrected chi connectivity index (χ1v) is 7.49. The lowest BCUT2D eigenvalue weighted by molar-refractivity contribution is 0.242. The predicted octanol–water partition coefficient (Wildman–Crippen LogP) is 5.61. The highest BCUT2D eigenvalue weighted by Crippen LogP contribution is 2.33. The molecule has 0 aliphatic heterocycles. The number of hydrogen-bond acceptors (Lipinski definition) is 1. The summed E-state index contributed by atoms with van der Waals surface area (Å²) in [7, 11) is 0. The van der Waals surface area contributed by atoms with E-state index < -0.39 is 0 Å². The van der Waals surface area contributed by atoms with Gasteiger partial charge in [0.15, 0.2) is 0 Å². The van der Waals surface area contributed by atoms with Crippen molar-refractivity contribution in [3.63, 3.8) is 0 Å². The summed E-state index contributed by atoms with van der Waals surface area (Å²) in [6.45, 7) is 10.4. The molecule has 0 unspecified atom stereocenters.